The minimum absolute atomic E-state index is 0.0971. The third-order valence-electron chi connectivity index (χ3n) is 3.87. The Morgan fingerprint density at radius 2 is 2.24 bits per heavy atom. The van der Waals surface area contributed by atoms with Gasteiger partial charge in [0.25, 0.3) is 0 Å². The lowest BCUT2D eigenvalue weighted by Crippen LogP contribution is -2.21. The van der Waals surface area contributed by atoms with Gasteiger partial charge in [0.2, 0.25) is 0 Å². The zero-order chi connectivity index (χ0) is 12.0. The summed E-state index contributed by atoms with van der Waals surface area (Å²) in [7, 11) is 0. The lowest BCUT2D eigenvalue weighted by atomic mass is 9.80. The largest absolute Gasteiger partial charge is 0.395 e. The second-order valence-corrected chi connectivity index (χ2v) is 5.11. The molecule has 88 valence electrons. The molecule has 2 aromatic rings. The average molecular weight is 228 g/mol. The molecule has 1 aliphatic rings. The summed E-state index contributed by atoms with van der Waals surface area (Å²) < 4.78 is 4.99. The minimum Gasteiger partial charge on any atom is -0.395 e. The highest BCUT2D eigenvalue weighted by atomic mass is 16.5. The van der Waals surface area contributed by atoms with Crippen LogP contribution < -0.4 is 5.73 Å². The number of aromatic nitrogens is 1. The van der Waals surface area contributed by atoms with E-state index in [0.29, 0.717) is 5.69 Å². The predicted octanol–water partition coefficient (Wildman–Crippen LogP) is 2.82. The van der Waals surface area contributed by atoms with E-state index in [2.05, 4.69) is 37.2 Å². The van der Waals surface area contributed by atoms with Crippen LogP contribution in [0.25, 0.3) is 0 Å². The van der Waals surface area contributed by atoms with Gasteiger partial charge in [-0.3, -0.25) is 0 Å². The van der Waals surface area contributed by atoms with Crippen LogP contribution in [0, 0.1) is 6.92 Å². The number of hydrogen-bond acceptors (Lipinski definition) is 3. The van der Waals surface area contributed by atoms with Gasteiger partial charge in [0.05, 0.1) is 5.69 Å². The Morgan fingerprint density at radius 3 is 2.94 bits per heavy atom. The van der Waals surface area contributed by atoms with Crippen molar-refractivity contribution in [3.8, 4) is 0 Å². The van der Waals surface area contributed by atoms with E-state index < -0.39 is 0 Å². The maximum Gasteiger partial charge on any atom is 0.147 e. The van der Waals surface area contributed by atoms with E-state index in [1.54, 1.807) is 0 Å². The van der Waals surface area contributed by atoms with Gasteiger partial charge in [-0.1, -0.05) is 28.9 Å². The number of benzene rings is 1. The van der Waals surface area contributed by atoms with Crippen LogP contribution in [0.3, 0.4) is 0 Å². The summed E-state index contributed by atoms with van der Waals surface area (Å²) in [6.07, 6.45) is 3.65. The first-order valence-electron chi connectivity index (χ1n) is 5.91. The quantitative estimate of drug-likeness (QED) is 0.816. The molecule has 0 radical (unpaired) electrons. The van der Waals surface area contributed by atoms with Gasteiger partial charge in [-0.05, 0) is 37.8 Å². The van der Waals surface area contributed by atoms with Crippen molar-refractivity contribution in [3.63, 3.8) is 0 Å². The molecule has 3 rings (SSSR count). The van der Waals surface area contributed by atoms with Gasteiger partial charge in [0, 0.05) is 5.41 Å². The Hall–Kier alpha value is -1.77. The van der Waals surface area contributed by atoms with Gasteiger partial charge in [-0.15, -0.1) is 0 Å². The van der Waals surface area contributed by atoms with Crippen molar-refractivity contribution in [3.05, 3.63) is 46.8 Å². The van der Waals surface area contributed by atoms with E-state index in [1.165, 1.54) is 23.0 Å². The summed E-state index contributed by atoms with van der Waals surface area (Å²) in [5.74, 6) is 0. The molecule has 0 saturated heterocycles. The molecular weight excluding hydrogens is 212 g/mol. The Morgan fingerprint density at radius 1 is 1.41 bits per heavy atom. The van der Waals surface area contributed by atoms with Gasteiger partial charge < -0.3 is 10.3 Å². The number of nitrogens with zero attached hydrogens (tertiary/aromatic N) is 1. The van der Waals surface area contributed by atoms with Gasteiger partial charge in [0.1, 0.15) is 12.0 Å². The molecule has 3 nitrogen and oxygen atoms in total. The Labute approximate surface area is 101 Å². The molecule has 1 heterocycles. The Bertz CT molecular complexity index is 573. The first kappa shape index (κ1) is 10.4. The molecule has 0 bridgehead atoms. The molecule has 0 amide bonds. The third-order valence-corrected chi connectivity index (χ3v) is 3.87. The topological polar surface area (TPSA) is 52.0 Å². The maximum atomic E-state index is 5.94. The highest BCUT2D eigenvalue weighted by Crippen LogP contribution is 2.45. The zero-order valence-corrected chi connectivity index (χ0v) is 10.2. The van der Waals surface area contributed by atoms with E-state index in [-0.39, 0.29) is 5.41 Å². The van der Waals surface area contributed by atoms with Crippen molar-refractivity contribution in [2.45, 2.75) is 32.1 Å². The fraction of sp³-hybridized carbons (Fsp3) is 0.357. The molecule has 1 unspecified atom stereocenters. The highest BCUT2D eigenvalue weighted by Gasteiger charge is 2.39. The molecule has 1 aromatic heterocycles. The molecule has 1 aliphatic carbocycles. The van der Waals surface area contributed by atoms with Crippen LogP contribution in [0.2, 0.25) is 0 Å². The van der Waals surface area contributed by atoms with Gasteiger partial charge in [-0.25, -0.2) is 0 Å². The van der Waals surface area contributed by atoms with Crippen molar-refractivity contribution < 1.29 is 4.52 Å². The van der Waals surface area contributed by atoms with Crippen LogP contribution in [0.15, 0.2) is 29.0 Å². The van der Waals surface area contributed by atoms with Crippen molar-refractivity contribution in [1.29, 1.82) is 0 Å². The van der Waals surface area contributed by atoms with Crippen molar-refractivity contribution in [2.75, 3.05) is 5.73 Å². The molecule has 0 fully saturated rings. The van der Waals surface area contributed by atoms with Crippen LogP contribution in [-0.4, -0.2) is 5.16 Å². The van der Waals surface area contributed by atoms with Gasteiger partial charge >= 0.3 is 0 Å². The SMILES string of the molecule is Cc1ccc2c(c1)CCC2(C)c1nocc1N. The van der Waals surface area contributed by atoms with Crippen LogP contribution in [0.5, 0.6) is 0 Å². The number of rotatable bonds is 1. The zero-order valence-electron chi connectivity index (χ0n) is 10.2. The number of nitrogen functional groups attached to an aromatic ring is 1. The summed E-state index contributed by atoms with van der Waals surface area (Å²) in [5.41, 5.74) is 11.4. The third kappa shape index (κ3) is 1.38. The van der Waals surface area contributed by atoms with Crippen molar-refractivity contribution >= 4 is 5.69 Å². The lowest BCUT2D eigenvalue weighted by molar-refractivity contribution is 0.392. The smallest absolute Gasteiger partial charge is 0.147 e. The second kappa shape index (κ2) is 3.36. The van der Waals surface area contributed by atoms with Gasteiger partial charge in [0.15, 0.2) is 0 Å². The number of anilines is 1. The Kier molecular flexibility index (Phi) is 2.05. The predicted molar refractivity (Wildman–Crippen MR) is 66.9 cm³/mol. The second-order valence-electron chi connectivity index (χ2n) is 5.11. The number of fused-ring (bicyclic) bond motifs is 1. The van der Waals surface area contributed by atoms with Crippen molar-refractivity contribution in [1.82, 2.24) is 5.16 Å². The highest BCUT2D eigenvalue weighted by molar-refractivity contribution is 5.53. The monoisotopic (exact) mass is 228 g/mol. The average Bonchev–Trinajstić information content (AvgIpc) is 2.85. The first-order valence-corrected chi connectivity index (χ1v) is 5.91. The molecular formula is C14H16N2O. The van der Waals surface area contributed by atoms with Crippen LogP contribution >= 0.6 is 0 Å². The lowest BCUT2D eigenvalue weighted by Gasteiger charge is -2.23. The molecule has 1 aromatic carbocycles. The maximum absolute atomic E-state index is 5.94. The van der Waals surface area contributed by atoms with E-state index in [0.717, 1.165) is 18.5 Å². The van der Waals surface area contributed by atoms with Crippen LogP contribution in [0.1, 0.15) is 35.7 Å². The van der Waals surface area contributed by atoms with E-state index in [4.69, 9.17) is 10.3 Å². The summed E-state index contributed by atoms with van der Waals surface area (Å²) in [6.45, 7) is 4.32. The fourth-order valence-electron chi connectivity index (χ4n) is 2.90. The van der Waals surface area contributed by atoms with Gasteiger partial charge in [-0.2, -0.15) is 0 Å². The van der Waals surface area contributed by atoms with Crippen LogP contribution in [-0.2, 0) is 11.8 Å². The van der Waals surface area contributed by atoms with Crippen LogP contribution in [0.4, 0.5) is 5.69 Å². The standard InChI is InChI=1S/C14H16N2O/c1-9-3-4-11-10(7-9)5-6-14(11,2)13-12(15)8-17-16-13/h3-4,7-8H,5-6,15H2,1-2H3. The molecule has 3 heteroatoms. The van der Waals surface area contributed by atoms with Crippen molar-refractivity contribution in [2.24, 2.45) is 0 Å². The summed E-state index contributed by atoms with van der Waals surface area (Å²) in [6, 6.07) is 6.61. The number of aryl methyl sites for hydroxylation is 2. The summed E-state index contributed by atoms with van der Waals surface area (Å²) in [4.78, 5) is 0. The summed E-state index contributed by atoms with van der Waals surface area (Å²) in [5, 5.41) is 4.09. The Balaban J connectivity index is 2.17. The normalized spacial score (nSPS) is 22.7. The number of hydrogen-bond donors (Lipinski definition) is 1. The van der Waals surface area contributed by atoms with E-state index >= 15 is 0 Å². The summed E-state index contributed by atoms with van der Waals surface area (Å²) >= 11 is 0. The van der Waals surface area contributed by atoms with E-state index in [9.17, 15) is 0 Å². The molecule has 17 heavy (non-hydrogen) atoms. The molecule has 2 N–H and O–H groups in total. The molecule has 1 atom stereocenters. The number of nitrogens with two attached hydrogens (primary N) is 1. The van der Waals surface area contributed by atoms with E-state index in [1.807, 2.05) is 0 Å². The first-order chi connectivity index (χ1) is 8.11. The minimum atomic E-state index is -0.0971. The molecule has 0 spiro atoms. The molecule has 0 saturated carbocycles. The molecule has 0 aliphatic heterocycles. The fourth-order valence-corrected chi connectivity index (χ4v) is 2.90.